The third-order valence-electron chi connectivity index (χ3n) is 2.14. The van der Waals surface area contributed by atoms with Crippen molar-refractivity contribution in [3.05, 3.63) is 23.4 Å². The highest BCUT2D eigenvalue weighted by atomic mass is 15.2. The molecule has 1 heterocycles. The lowest BCUT2D eigenvalue weighted by Crippen LogP contribution is -2.60. The highest BCUT2D eigenvalue weighted by Gasteiger charge is 2.35. The molecular formula is C8H12N2. The van der Waals surface area contributed by atoms with Crippen LogP contribution in [0.5, 0.6) is 0 Å². The molecule has 2 heteroatoms. The van der Waals surface area contributed by atoms with E-state index in [2.05, 4.69) is 17.5 Å². The first-order chi connectivity index (χ1) is 4.70. The van der Waals surface area contributed by atoms with Crippen molar-refractivity contribution in [3.8, 4) is 0 Å². The van der Waals surface area contributed by atoms with Crippen molar-refractivity contribution in [1.29, 1.82) is 0 Å². The third-order valence-corrected chi connectivity index (χ3v) is 2.14. The van der Waals surface area contributed by atoms with Crippen molar-refractivity contribution in [1.82, 2.24) is 5.32 Å². The van der Waals surface area contributed by atoms with Gasteiger partial charge in [-0.1, -0.05) is 12.2 Å². The SMILES string of the molecule is CC1(N)NC2=C1C=CCC2. The lowest BCUT2D eigenvalue weighted by atomic mass is 9.86. The quantitative estimate of drug-likeness (QED) is 0.518. The normalized spacial score (nSPS) is 36.6. The number of rotatable bonds is 0. The lowest BCUT2D eigenvalue weighted by molar-refractivity contribution is 0.398. The molecule has 1 atom stereocenters. The molecule has 2 aliphatic rings. The molecule has 0 bridgehead atoms. The van der Waals surface area contributed by atoms with Gasteiger partial charge in [0.15, 0.2) is 0 Å². The van der Waals surface area contributed by atoms with Crippen LogP contribution in [0.1, 0.15) is 19.8 Å². The van der Waals surface area contributed by atoms with E-state index in [-0.39, 0.29) is 5.66 Å². The van der Waals surface area contributed by atoms with Gasteiger partial charge in [0.25, 0.3) is 0 Å². The number of nitrogens with two attached hydrogens (primary N) is 1. The fraction of sp³-hybridized carbons (Fsp3) is 0.500. The van der Waals surface area contributed by atoms with Gasteiger partial charge in [-0.3, -0.25) is 0 Å². The molecule has 1 aliphatic carbocycles. The van der Waals surface area contributed by atoms with Crippen LogP contribution in [0.3, 0.4) is 0 Å². The Bertz CT molecular complexity index is 223. The predicted molar refractivity (Wildman–Crippen MR) is 41.1 cm³/mol. The first-order valence-corrected chi connectivity index (χ1v) is 3.67. The summed E-state index contributed by atoms with van der Waals surface area (Å²) in [4.78, 5) is 0. The van der Waals surface area contributed by atoms with Crippen LogP contribution in [0.4, 0.5) is 0 Å². The van der Waals surface area contributed by atoms with Crippen LogP contribution in [0, 0.1) is 0 Å². The molecule has 1 aliphatic heterocycles. The Kier molecular flexibility index (Phi) is 0.980. The Labute approximate surface area is 60.8 Å². The van der Waals surface area contributed by atoms with Crippen molar-refractivity contribution in [2.75, 3.05) is 0 Å². The van der Waals surface area contributed by atoms with Gasteiger partial charge in [0.2, 0.25) is 0 Å². The summed E-state index contributed by atoms with van der Waals surface area (Å²) >= 11 is 0. The van der Waals surface area contributed by atoms with E-state index in [0.29, 0.717) is 0 Å². The summed E-state index contributed by atoms with van der Waals surface area (Å²) < 4.78 is 0. The highest BCUT2D eigenvalue weighted by molar-refractivity contribution is 5.44. The van der Waals surface area contributed by atoms with Crippen LogP contribution in [0.15, 0.2) is 23.4 Å². The Morgan fingerprint density at radius 2 is 2.50 bits per heavy atom. The Balaban J connectivity index is 2.33. The fourth-order valence-corrected chi connectivity index (χ4v) is 1.60. The molecule has 0 saturated heterocycles. The van der Waals surface area contributed by atoms with Crippen molar-refractivity contribution in [2.45, 2.75) is 25.4 Å². The Morgan fingerprint density at radius 1 is 1.70 bits per heavy atom. The summed E-state index contributed by atoms with van der Waals surface area (Å²) in [5.41, 5.74) is 8.24. The number of nitrogens with one attached hydrogen (secondary N) is 1. The van der Waals surface area contributed by atoms with Crippen molar-refractivity contribution in [3.63, 3.8) is 0 Å². The molecule has 0 aromatic rings. The maximum Gasteiger partial charge on any atom is 0.111 e. The van der Waals surface area contributed by atoms with Crippen LogP contribution < -0.4 is 11.1 Å². The van der Waals surface area contributed by atoms with E-state index in [4.69, 9.17) is 5.73 Å². The third kappa shape index (κ3) is 0.625. The monoisotopic (exact) mass is 136 g/mol. The average Bonchev–Trinajstić information content (AvgIpc) is 1.86. The topological polar surface area (TPSA) is 38.0 Å². The van der Waals surface area contributed by atoms with Crippen molar-refractivity contribution < 1.29 is 0 Å². The predicted octanol–water partition coefficient (Wildman–Crippen LogP) is 0.869. The molecule has 0 radical (unpaired) electrons. The Hall–Kier alpha value is -0.760. The van der Waals surface area contributed by atoms with Crippen LogP contribution >= 0.6 is 0 Å². The van der Waals surface area contributed by atoms with E-state index in [1.54, 1.807) is 0 Å². The molecule has 0 saturated carbocycles. The molecular weight excluding hydrogens is 124 g/mol. The van der Waals surface area contributed by atoms with Gasteiger partial charge in [-0.2, -0.15) is 0 Å². The first-order valence-electron chi connectivity index (χ1n) is 3.67. The second-order valence-electron chi connectivity index (χ2n) is 3.16. The second-order valence-corrected chi connectivity index (χ2v) is 3.16. The second kappa shape index (κ2) is 1.64. The van der Waals surface area contributed by atoms with Crippen LogP contribution in [0.25, 0.3) is 0 Å². The number of hydrogen-bond donors (Lipinski definition) is 2. The van der Waals surface area contributed by atoms with Crippen LogP contribution in [-0.4, -0.2) is 5.66 Å². The van der Waals surface area contributed by atoms with Crippen LogP contribution in [0.2, 0.25) is 0 Å². The van der Waals surface area contributed by atoms with Gasteiger partial charge in [0, 0.05) is 11.3 Å². The molecule has 0 aromatic carbocycles. The van der Waals surface area contributed by atoms with Crippen LogP contribution in [-0.2, 0) is 0 Å². The highest BCUT2D eigenvalue weighted by Crippen LogP contribution is 2.32. The van der Waals surface area contributed by atoms with Crippen molar-refractivity contribution in [2.24, 2.45) is 5.73 Å². The van der Waals surface area contributed by atoms with Gasteiger partial charge in [0.1, 0.15) is 5.66 Å². The van der Waals surface area contributed by atoms with Crippen molar-refractivity contribution >= 4 is 0 Å². The van der Waals surface area contributed by atoms with E-state index in [9.17, 15) is 0 Å². The minimum absolute atomic E-state index is 0.244. The molecule has 1 unspecified atom stereocenters. The zero-order chi connectivity index (χ0) is 7.19. The zero-order valence-electron chi connectivity index (χ0n) is 6.15. The van der Waals surface area contributed by atoms with Gasteiger partial charge in [-0.25, -0.2) is 0 Å². The lowest BCUT2D eigenvalue weighted by Gasteiger charge is -2.42. The molecule has 0 spiro atoms. The summed E-state index contributed by atoms with van der Waals surface area (Å²) in [6.07, 6.45) is 6.61. The zero-order valence-corrected chi connectivity index (χ0v) is 6.15. The Morgan fingerprint density at radius 3 is 3.00 bits per heavy atom. The molecule has 3 N–H and O–H groups in total. The molecule has 2 rings (SSSR count). The molecule has 2 nitrogen and oxygen atoms in total. The molecule has 0 fully saturated rings. The summed E-state index contributed by atoms with van der Waals surface area (Å²) in [6.45, 7) is 2.00. The standard InChI is InChI=1S/C8H12N2/c1-8(9)6-4-2-3-5-7(6)10-8/h2,4,10H,3,5,9H2,1H3. The molecule has 0 aromatic heterocycles. The fourth-order valence-electron chi connectivity index (χ4n) is 1.60. The first kappa shape index (κ1) is 5.98. The minimum atomic E-state index is -0.244. The van der Waals surface area contributed by atoms with E-state index < -0.39 is 0 Å². The molecule has 10 heavy (non-hydrogen) atoms. The van der Waals surface area contributed by atoms with E-state index in [0.717, 1.165) is 12.8 Å². The van der Waals surface area contributed by atoms with E-state index >= 15 is 0 Å². The van der Waals surface area contributed by atoms with Gasteiger partial charge >= 0.3 is 0 Å². The summed E-state index contributed by atoms with van der Waals surface area (Å²) in [5, 5.41) is 3.23. The van der Waals surface area contributed by atoms with Gasteiger partial charge in [-0.15, -0.1) is 0 Å². The molecule has 0 amide bonds. The maximum atomic E-state index is 5.86. The van der Waals surface area contributed by atoms with Gasteiger partial charge < -0.3 is 11.1 Å². The summed E-state index contributed by atoms with van der Waals surface area (Å²) in [7, 11) is 0. The summed E-state index contributed by atoms with van der Waals surface area (Å²) in [6, 6.07) is 0. The molecule has 54 valence electrons. The number of allylic oxidation sites excluding steroid dienone is 2. The maximum absolute atomic E-state index is 5.86. The minimum Gasteiger partial charge on any atom is -0.367 e. The van der Waals surface area contributed by atoms with Gasteiger partial charge in [-0.05, 0) is 19.8 Å². The largest absolute Gasteiger partial charge is 0.367 e. The summed E-state index contributed by atoms with van der Waals surface area (Å²) in [5.74, 6) is 0. The smallest absolute Gasteiger partial charge is 0.111 e. The number of hydrogen-bond acceptors (Lipinski definition) is 2. The van der Waals surface area contributed by atoms with E-state index in [1.807, 2.05) is 6.92 Å². The van der Waals surface area contributed by atoms with Gasteiger partial charge in [0.05, 0.1) is 0 Å². The average molecular weight is 136 g/mol. The van der Waals surface area contributed by atoms with E-state index in [1.165, 1.54) is 11.3 Å².